The molecule has 0 spiro atoms. The van der Waals surface area contributed by atoms with Gasteiger partial charge in [-0.2, -0.15) is 23.1 Å². The summed E-state index contributed by atoms with van der Waals surface area (Å²) < 4.78 is 51.1. The lowest BCUT2D eigenvalue weighted by atomic mass is 9.82. The first kappa shape index (κ1) is 31.0. The fourth-order valence-electron chi connectivity index (χ4n) is 7.09. The number of benzene rings is 1. The number of ether oxygens (including phenoxy) is 1. The third kappa shape index (κ3) is 6.09. The minimum Gasteiger partial charge on any atom is -0.379 e. The average Bonchev–Trinajstić information content (AvgIpc) is 3.43. The highest BCUT2D eigenvalue weighted by Crippen LogP contribution is 2.43. The van der Waals surface area contributed by atoms with Crippen LogP contribution in [0, 0.1) is 23.1 Å². The SMILES string of the molecule is N#CC1CCN(S(=O)(=O)NC(=O)c2cc(N3CCC(N4CCOCC4)CC3)c3c(C4CCC4)nn(-c4ccc(F)cc4)c3n2)CC1. The van der Waals surface area contributed by atoms with Crippen molar-refractivity contribution in [1.82, 2.24) is 28.7 Å². The Labute approximate surface area is 268 Å². The van der Waals surface area contributed by atoms with E-state index in [9.17, 15) is 22.9 Å². The summed E-state index contributed by atoms with van der Waals surface area (Å²) in [6, 6.07) is 10.3. The quantitative estimate of drug-likeness (QED) is 0.408. The molecule has 3 aliphatic heterocycles. The summed E-state index contributed by atoms with van der Waals surface area (Å²) in [6.07, 6.45) is 5.83. The molecule has 7 rings (SSSR count). The van der Waals surface area contributed by atoms with Crippen molar-refractivity contribution in [2.75, 3.05) is 57.4 Å². The highest BCUT2D eigenvalue weighted by Gasteiger charge is 2.34. The van der Waals surface area contributed by atoms with Gasteiger partial charge in [-0.1, -0.05) is 6.42 Å². The van der Waals surface area contributed by atoms with Gasteiger partial charge in [-0.05, 0) is 68.9 Å². The summed E-state index contributed by atoms with van der Waals surface area (Å²) in [4.78, 5) is 23.2. The van der Waals surface area contributed by atoms with Gasteiger partial charge in [0.05, 0.1) is 41.7 Å². The average molecular weight is 651 g/mol. The van der Waals surface area contributed by atoms with Crippen LogP contribution in [-0.2, 0) is 14.9 Å². The molecule has 0 atom stereocenters. The molecule has 1 N–H and O–H groups in total. The Morgan fingerprint density at radius 1 is 0.978 bits per heavy atom. The van der Waals surface area contributed by atoms with Crippen molar-refractivity contribution >= 4 is 32.8 Å². The number of amides is 1. The van der Waals surface area contributed by atoms with Gasteiger partial charge in [0.15, 0.2) is 5.65 Å². The van der Waals surface area contributed by atoms with Crippen LogP contribution in [-0.4, -0.2) is 96.8 Å². The number of anilines is 1. The maximum atomic E-state index is 13.9. The first-order chi connectivity index (χ1) is 22.3. The molecule has 3 aromatic rings. The summed E-state index contributed by atoms with van der Waals surface area (Å²) >= 11 is 0. The van der Waals surface area contributed by atoms with Crippen LogP contribution in [0.1, 0.15) is 67.0 Å². The Morgan fingerprint density at radius 3 is 2.30 bits per heavy atom. The van der Waals surface area contributed by atoms with E-state index in [-0.39, 0.29) is 36.4 Å². The number of nitriles is 1. The number of halogens is 1. The predicted octanol–water partition coefficient (Wildman–Crippen LogP) is 3.34. The summed E-state index contributed by atoms with van der Waals surface area (Å²) in [5, 5.41) is 15.1. The van der Waals surface area contributed by atoms with Gasteiger partial charge in [0.2, 0.25) is 0 Å². The second-order valence-electron chi connectivity index (χ2n) is 12.7. The molecule has 5 heterocycles. The molecule has 0 unspecified atom stereocenters. The second kappa shape index (κ2) is 12.9. The van der Waals surface area contributed by atoms with Crippen LogP contribution in [0.2, 0.25) is 0 Å². The topological polar surface area (TPSA) is 137 Å². The van der Waals surface area contributed by atoms with Gasteiger partial charge < -0.3 is 9.64 Å². The molecule has 2 aromatic heterocycles. The summed E-state index contributed by atoms with van der Waals surface area (Å²) in [6.45, 7) is 5.20. The zero-order chi connectivity index (χ0) is 31.8. The van der Waals surface area contributed by atoms with Crippen LogP contribution in [0.3, 0.4) is 0 Å². The zero-order valence-electron chi connectivity index (χ0n) is 25.8. The number of nitrogens with zero attached hydrogens (tertiary/aromatic N) is 7. The maximum absolute atomic E-state index is 13.9. The highest BCUT2D eigenvalue weighted by atomic mass is 32.2. The summed E-state index contributed by atoms with van der Waals surface area (Å²) in [5.41, 5.74) is 2.74. The Hall–Kier alpha value is -3.64. The predicted molar refractivity (Wildman–Crippen MR) is 169 cm³/mol. The molecular weight excluding hydrogens is 611 g/mol. The second-order valence-corrected chi connectivity index (χ2v) is 14.4. The molecule has 14 heteroatoms. The lowest BCUT2D eigenvalue weighted by molar-refractivity contribution is 0.0115. The number of carbonyl (C=O) groups excluding carboxylic acids is 1. The molecule has 0 radical (unpaired) electrons. The Bertz CT molecular complexity index is 1730. The van der Waals surface area contributed by atoms with E-state index in [0.29, 0.717) is 30.2 Å². The van der Waals surface area contributed by atoms with Crippen LogP contribution in [0.25, 0.3) is 16.7 Å². The van der Waals surface area contributed by atoms with Crippen molar-refractivity contribution in [2.45, 2.75) is 56.9 Å². The number of rotatable bonds is 7. The molecular formula is C32H39FN8O4S. The summed E-state index contributed by atoms with van der Waals surface area (Å²) in [5.74, 6) is -1.16. The molecule has 1 saturated carbocycles. The molecule has 1 amide bonds. The number of pyridine rings is 1. The Kier molecular flexibility index (Phi) is 8.67. The monoisotopic (exact) mass is 650 g/mol. The van der Waals surface area contributed by atoms with Crippen molar-refractivity contribution in [3.63, 3.8) is 0 Å². The van der Waals surface area contributed by atoms with Crippen molar-refractivity contribution in [1.29, 1.82) is 5.26 Å². The van der Waals surface area contributed by atoms with Crippen LogP contribution in [0.4, 0.5) is 10.1 Å². The van der Waals surface area contributed by atoms with Gasteiger partial charge in [0.1, 0.15) is 11.5 Å². The number of piperidine rings is 2. The molecule has 244 valence electrons. The zero-order valence-corrected chi connectivity index (χ0v) is 26.6. The van der Waals surface area contributed by atoms with Crippen LogP contribution < -0.4 is 9.62 Å². The van der Waals surface area contributed by atoms with E-state index in [0.717, 1.165) is 88.3 Å². The minimum absolute atomic E-state index is 0.0308. The van der Waals surface area contributed by atoms with Crippen LogP contribution in [0.15, 0.2) is 30.3 Å². The first-order valence-electron chi connectivity index (χ1n) is 16.3. The van der Waals surface area contributed by atoms with E-state index in [1.807, 2.05) is 0 Å². The Morgan fingerprint density at radius 2 is 1.67 bits per heavy atom. The number of hydrogen-bond donors (Lipinski definition) is 1. The van der Waals surface area contributed by atoms with Gasteiger partial charge in [-0.15, -0.1) is 0 Å². The fraction of sp³-hybridized carbons (Fsp3) is 0.562. The molecule has 12 nitrogen and oxygen atoms in total. The van der Waals surface area contributed by atoms with Gasteiger partial charge in [-0.25, -0.2) is 18.8 Å². The van der Waals surface area contributed by atoms with Crippen LogP contribution >= 0.6 is 0 Å². The molecule has 4 aliphatic rings. The lowest BCUT2D eigenvalue weighted by Crippen LogP contribution is -2.49. The maximum Gasteiger partial charge on any atom is 0.304 e. The molecule has 1 aliphatic carbocycles. The molecule has 4 fully saturated rings. The highest BCUT2D eigenvalue weighted by molar-refractivity contribution is 7.87. The molecule has 0 bridgehead atoms. The number of carbonyl (C=O) groups is 1. The number of fused-ring (bicyclic) bond motifs is 1. The summed E-state index contributed by atoms with van der Waals surface area (Å²) in [7, 11) is -4.15. The van der Waals surface area contributed by atoms with E-state index < -0.39 is 16.1 Å². The number of aromatic nitrogens is 3. The molecule has 1 aromatic carbocycles. The van der Waals surface area contributed by atoms with Crippen molar-refractivity contribution in [2.24, 2.45) is 5.92 Å². The normalized spacial score (nSPS) is 21.3. The van der Waals surface area contributed by atoms with Crippen molar-refractivity contribution in [3.8, 4) is 11.8 Å². The number of morpholine rings is 1. The van der Waals surface area contributed by atoms with E-state index >= 15 is 0 Å². The molecule has 46 heavy (non-hydrogen) atoms. The van der Waals surface area contributed by atoms with Gasteiger partial charge in [-0.3, -0.25) is 9.69 Å². The van der Waals surface area contributed by atoms with Crippen molar-refractivity contribution in [3.05, 3.63) is 47.5 Å². The largest absolute Gasteiger partial charge is 0.379 e. The van der Waals surface area contributed by atoms with Gasteiger partial charge >= 0.3 is 10.2 Å². The van der Waals surface area contributed by atoms with Crippen LogP contribution in [0.5, 0.6) is 0 Å². The fourth-order valence-corrected chi connectivity index (χ4v) is 8.25. The molecule has 3 saturated heterocycles. The third-order valence-electron chi connectivity index (χ3n) is 10.0. The number of hydrogen-bond acceptors (Lipinski definition) is 9. The Balaban J connectivity index is 1.26. The lowest BCUT2D eigenvalue weighted by Gasteiger charge is -2.41. The third-order valence-corrected chi connectivity index (χ3v) is 11.5. The van der Waals surface area contributed by atoms with E-state index in [2.05, 4.69) is 20.6 Å². The minimum atomic E-state index is -4.15. The van der Waals surface area contributed by atoms with E-state index in [1.165, 1.54) is 16.4 Å². The van der Waals surface area contributed by atoms with E-state index in [1.54, 1.807) is 22.9 Å². The standard InChI is InChI=1S/C32H39FN8O4S/c33-24-4-6-26(7-5-24)41-31-29(30(36-41)23-2-1-3-23)28(39-12-10-25(11-13-39)38-16-18-45-19-17-38)20-27(35-31)32(42)37-46(43,44)40-14-8-22(21-34)9-15-40/h4-7,20,22-23,25H,1-3,8-19H2,(H,37,42). The van der Waals surface area contributed by atoms with Crippen molar-refractivity contribution < 1.29 is 22.3 Å². The van der Waals surface area contributed by atoms with Gasteiger partial charge in [0.25, 0.3) is 5.91 Å². The van der Waals surface area contributed by atoms with E-state index in [4.69, 9.17) is 14.8 Å². The van der Waals surface area contributed by atoms with Gasteiger partial charge in [0, 0.05) is 57.1 Å². The number of nitrogens with one attached hydrogen (secondary N) is 1. The first-order valence-corrected chi connectivity index (χ1v) is 17.7. The smallest absolute Gasteiger partial charge is 0.304 e.